The summed E-state index contributed by atoms with van der Waals surface area (Å²) < 4.78 is 10.8. The van der Waals surface area contributed by atoms with Crippen molar-refractivity contribution < 1.29 is 9.47 Å². The van der Waals surface area contributed by atoms with Gasteiger partial charge >= 0.3 is 0 Å². The molecule has 2 rings (SSSR count). The van der Waals surface area contributed by atoms with Crippen molar-refractivity contribution in [3.8, 4) is 0 Å². The van der Waals surface area contributed by atoms with E-state index >= 15 is 0 Å². The van der Waals surface area contributed by atoms with E-state index in [1.807, 2.05) is 0 Å². The lowest BCUT2D eigenvalue weighted by Gasteiger charge is -2.23. The highest BCUT2D eigenvalue weighted by Gasteiger charge is 2.15. The Labute approximate surface area is 104 Å². The van der Waals surface area contributed by atoms with E-state index in [1.165, 1.54) is 0 Å². The Morgan fingerprint density at radius 2 is 2.47 bits per heavy atom. The molecule has 17 heavy (non-hydrogen) atoms. The molecule has 1 atom stereocenters. The maximum atomic E-state index is 5.59. The lowest BCUT2D eigenvalue weighted by atomic mass is 10.2. The largest absolute Gasteiger partial charge is 0.389 e. The van der Waals surface area contributed by atoms with Crippen molar-refractivity contribution in [2.45, 2.75) is 6.10 Å². The molecule has 0 amide bonds. The second kappa shape index (κ2) is 5.85. The molecule has 1 unspecified atom stereocenters. The number of aromatic nitrogens is 2. The zero-order chi connectivity index (χ0) is 12.1. The van der Waals surface area contributed by atoms with Crippen LogP contribution in [-0.2, 0) is 9.47 Å². The summed E-state index contributed by atoms with van der Waals surface area (Å²) in [5, 5.41) is 10.9. The van der Waals surface area contributed by atoms with Crippen molar-refractivity contribution in [2.75, 3.05) is 31.7 Å². The minimum Gasteiger partial charge on any atom is -0.389 e. The van der Waals surface area contributed by atoms with Gasteiger partial charge in [-0.2, -0.15) is 5.10 Å². The molecular formula is C10H14N4O2S. The number of rotatable bonds is 4. The average Bonchev–Trinajstić information content (AvgIpc) is 2.38. The second-order valence-corrected chi connectivity index (χ2v) is 4.05. The summed E-state index contributed by atoms with van der Waals surface area (Å²) in [7, 11) is 0. The molecule has 1 aliphatic rings. The number of hydrogen-bond donors (Lipinski definition) is 2. The van der Waals surface area contributed by atoms with Crippen LogP contribution in [0.4, 0.5) is 5.82 Å². The van der Waals surface area contributed by atoms with Crippen molar-refractivity contribution in [3.63, 3.8) is 0 Å². The predicted molar refractivity (Wildman–Crippen MR) is 67.0 cm³/mol. The van der Waals surface area contributed by atoms with Crippen LogP contribution in [0.3, 0.4) is 0 Å². The van der Waals surface area contributed by atoms with Crippen LogP contribution in [0, 0.1) is 0 Å². The maximum absolute atomic E-state index is 5.59. The van der Waals surface area contributed by atoms with Gasteiger partial charge in [0.2, 0.25) is 0 Å². The van der Waals surface area contributed by atoms with E-state index in [4.69, 9.17) is 27.4 Å². The minimum atomic E-state index is 0.0185. The lowest BCUT2D eigenvalue weighted by molar-refractivity contribution is -0.0819. The second-order valence-electron chi connectivity index (χ2n) is 3.61. The van der Waals surface area contributed by atoms with Gasteiger partial charge in [-0.3, -0.25) is 0 Å². The molecule has 7 heteroatoms. The van der Waals surface area contributed by atoms with Gasteiger partial charge in [0.15, 0.2) is 5.82 Å². The summed E-state index contributed by atoms with van der Waals surface area (Å²) in [5.41, 5.74) is 6.28. The molecule has 1 saturated heterocycles. The first-order valence-electron chi connectivity index (χ1n) is 5.32. The Morgan fingerprint density at radius 1 is 1.59 bits per heavy atom. The predicted octanol–water partition coefficient (Wildman–Crippen LogP) is -0.0619. The summed E-state index contributed by atoms with van der Waals surface area (Å²) in [4.78, 5) is 0.295. The normalized spacial score (nSPS) is 19.9. The van der Waals surface area contributed by atoms with Crippen LogP contribution < -0.4 is 11.1 Å². The first-order valence-corrected chi connectivity index (χ1v) is 5.73. The van der Waals surface area contributed by atoms with Gasteiger partial charge in [-0.05, 0) is 6.07 Å². The third-order valence-electron chi connectivity index (χ3n) is 2.37. The molecule has 0 radical (unpaired) electrons. The molecule has 1 aromatic heterocycles. The molecule has 0 bridgehead atoms. The van der Waals surface area contributed by atoms with Crippen molar-refractivity contribution in [1.82, 2.24) is 10.2 Å². The molecular weight excluding hydrogens is 240 g/mol. The Morgan fingerprint density at radius 3 is 3.18 bits per heavy atom. The summed E-state index contributed by atoms with van der Waals surface area (Å²) >= 11 is 4.93. The number of ether oxygens (including phenoxy) is 2. The van der Waals surface area contributed by atoms with Crippen LogP contribution in [0.5, 0.6) is 0 Å². The number of anilines is 1. The van der Waals surface area contributed by atoms with E-state index in [1.54, 1.807) is 12.3 Å². The van der Waals surface area contributed by atoms with Crippen LogP contribution in [0.25, 0.3) is 0 Å². The van der Waals surface area contributed by atoms with E-state index in [2.05, 4.69) is 15.5 Å². The molecule has 0 saturated carbocycles. The maximum Gasteiger partial charge on any atom is 0.159 e. The highest BCUT2D eigenvalue weighted by molar-refractivity contribution is 7.80. The van der Waals surface area contributed by atoms with Crippen molar-refractivity contribution >= 4 is 23.0 Å². The summed E-state index contributed by atoms with van der Waals surface area (Å²) in [6.45, 7) is 2.44. The summed E-state index contributed by atoms with van der Waals surface area (Å²) in [6, 6.07) is 1.73. The molecule has 0 aliphatic carbocycles. The van der Waals surface area contributed by atoms with E-state index < -0.39 is 0 Å². The SMILES string of the molecule is NC(=S)c1ccnnc1NCC1COCCO1. The fraction of sp³-hybridized carbons (Fsp3) is 0.500. The number of nitrogens with two attached hydrogens (primary N) is 1. The summed E-state index contributed by atoms with van der Waals surface area (Å²) in [5.74, 6) is 0.578. The Kier molecular flexibility index (Phi) is 4.18. The Bertz CT molecular complexity index is 396. The number of thiocarbonyl (C=S) groups is 1. The molecule has 1 fully saturated rings. The Hall–Kier alpha value is -1.31. The standard InChI is InChI=1S/C10H14N4O2S/c11-9(17)8-1-2-13-14-10(8)12-5-7-6-15-3-4-16-7/h1-2,7H,3-6H2,(H2,11,17)(H,12,14). The Balaban J connectivity index is 1.96. The molecule has 3 N–H and O–H groups in total. The van der Waals surface area contributed by atoms with Gasteiger partial charge in [-0.15, -0.1) is 5.10 Å². The van der Waals surface area contributed by atoms with Gasteiger partial charge in [0, 0.05) is 6.54 Å². The minimum absolute atomic E-state index is 0.0185. The summed E-state index contributed by atoms with van der Waals surface area (Å²) in [6.07, 6.45) is 1.57. The third-order valence-corrected chi connectivity index (χ3v) is 2.59. The molecule has 1 aromatic rings. The van der Waals surface area contributed by atoms with Crippen molar-refractivity contribution in [1.29, 1.82) is 0 Å². The van der Waals surface area contributed by atoms with Crippen LogP contribution in [0.15, 0.2) is 12.3 Å². The van der Waals surface area contributed by atoms with E-state index in [9.17, 15) is 0 Å². The van der Waals surface area contributed by atoms with Crippen LogP contribution >= 0.6 is 12.2 Å². The van der Waals surface area contributed by atoms with E-state index in [0.29, 0.717) is 42.7 Å². The van der Waals surface area contributed by atoms with Crippen molar-refractivity contribution in [2.24, 2.45) is 5.73 Å². The van der Waals surface area contributed by atoms with Gasteiger partial charge in [0.1, 0.15) is 4.99 Å². The van der Waals surface area contributed by atoms with Gasteiger partial charge in [-0.1, -0.05) is 12.2 Å². The van der Waals surface area contributed by atoms with E-state index in [-0.39, 0.29) is 6.10 Å². The highest BCUT2D eigenvalue weighted by Crippen LogP contribution is 2.10. The molecule has 0 spiro atoms. The van der Waals surface area contributed by atoms with Crippen LogP contribution in [0.2, 0.25) is 0 Å². The van der Waals surface area contributed by atoms with Crippen LogP contribution in [-0.4, -0.2) is 47.7 Å². The van der Waals surface area contributed by atoms with Gasteiger partial charge in [0.05, 0.1) is 37.7 Å². The molecule has 0 aromatic carbocycles. The van der Waals surface area contributed by atoms with E-state index in [0.717, 1.165) is 0 Å². The third kappa shape index (κ3) is 3.32. The topological polar surface area (TPSA) is 82.3 Å². The first kappa shape index (κ1) is 12.2. The van der Waals surface area contributed by atoms with Crippen LogP contribution in [0.1, 0.15) is 5.56 Å². The first-order chi connectivity index (χ1) is 8.27. The quantitative estimate of drug-likeness (QED) is 0.728. The highest BCUT2D eigenvalue weighted by atomic mass is 32.1. The zero-order valence-corrected chi connectivity index (χ0v) is 10.1. The fourth-order valence-corrected chi connectivity index (χ4v) is 1.69. The monoisotopic (exact) mass is 254 g/mol. The average molecular weight is 254 g/mol. The van der Waals surface area contributed by atoms with Crippen molar-refractivity contribution in [3.05, 3.63) is 17.8 Å². The number of hydrogen-bond acceptors (Lipinski definition) is 6. The zero-order valence-electron chi connectivity index (χ0n) is 9.26. The molecule has 92 valence electrons. The van der Waals surface area contributed by atoms with Gasteiger partial charge < -0.3 is 20.5 Å². The lowest BCUT2D eigenvalue weighted by Crippen LogP contribution is -2.34. The van der Waals surface area contributed by atoms with Gasteiger partial charge in [-0.25, -0.2) is 0 Å². The smallest absolute Gasteiger partial charge is 0.159 e. The number of nitrogens with zero attached hydrogens (tertiary/aromatic N) is 2. The number of nitrogens with one attached hydrogen (secondary N) is 1. The van der Waals surface area contributed by atoms with Gasteiger partial charge in [0.25, 0.3) is 0 Å². The molecule has 1 aliphatic heterocycles. The fourth-order valence-electron chi connectivity index (χ4n) is 1.53. The molecule has 6 nitrogen and oxygen atoms in total. The molecule has 2 heterocycles.